The van der Waals surface area contributed by atoms with E-state index in [1.54, 1.807) is 12.1 Å². The first-order valence-electron chi connectivity index (χ1n) is 17.2. The number of allylic oxidation sites excluding steroid dienone is 5. The van der Waals surface area contributed by atoms with Crippen molar-refractivity contribution >= 4 is 49.4 Å². The third-order valence-corrected chi connectivity index (χ3v) is 11.7. The van der Waals surface area contributed by atoms with E-state index in [-0.39, 0.29) is 35.1 Å². The zero-order chi connectivity index (χ0) is 38.2. The second kappa shape index (κ2) is 14.6. The Morgan fingerprint density at radius 1 is 0.846 bits per heavy atom. The van der Waals surface area contributed by atoms with Crippen molar-refractivity contribution in [2.24, 2.45) is 0 Å². The topological polar surface area (TPSA) is 185 Å². The van der Waals surface area contributed by atoms with Crippen LogP contribution >= 0.6 is 0 Å². The van der Waals surface area contributed by atoms with Gasteiger partial charge in [0.25, 0.3) is 11.8 Å². The molecular weight excluding hydrogens is 711 g/mol. The van der Waals surface area contributed by atoms with Gasteiger partial charge in [-0.05, 0) is 73.4 Å². The summed E-state index contributed by atoms with van der Waals surface area (Å²) < 4.78 is 70.9. The molecule has 0 saturated carbocycles. The number of carbonyl (C=O) groups is 3. The number of amides is 2. The summed E-state index contributed by atoms with van der Waals surface area (Å²) in [5.41, 5.74) is 2.80. The number of rotatable bonds is 13. The molecule has 2 aromatic carbocycles. The Morgan fingerprint density at radius 2 is 1.44 bits per heavy atom. The number of fused-ring (bicyclic) bond motifs is 2. The fourth-order valence-corrected chi connectivity index (χ4v) is 8.29. The zero-order valence-corrected chi connectivity index (χ0v) is 31.5. The highest BCUT2D eigenvalue weighted by Gasteiger charge is 2.43. The minimum absolute atomic E-state index is 0.0230. The molecule has 1 atom stereocenters. The molecule has 3 aliphatic heterocycles. The predicted octanol–water partition coefficient (Wildman–Crippen LogP) is 4.94. The smallest absolute Gasteiger partial charge is 0.333 e. The average Bonchev–Trinajstić information content (AvgIpc) is 3.58. The summed E-state index contributed by atoms with van der Waals surface area (Å²) in [6.45, 7) is 11.1. The highest BCUT2D eigenvalue weighted by atomic mass is 32.2. The Balaban J connectivity index is 1.32. The maximum absolute atomic E-state index is 12.2. The van der Waals surface area contributed by atoms with Gasteiger partial charge < -0.3 is 23.7 Å². The van der Waals surface area contributed by atoms with Crippen LogP contribution in [0, 0.1) is 0 Å². The molecule has 2 aromatic rings. The van der Waals surface area contributed by atoms with E-state index >= 15 is 0 Å². The Hall–Kier alpha value is -4.31. The zero-order valence-electron chi connectivity index (χ0n) is 29.8. The first kappa shape index (κ1) is 38.9. The molecule has 0 N–H and O–H groups in total. The number of hydrogen-bond acceptors (Lipinski definition) is 12. The maximum atomic E-state index is 12.2. The monoisotopic (exact) mass is 753 g/mol. The minimum Gasteiger partial charge on any atom is -0.744 e. The Bertz CT molecular complexity index is 2070. The summed E-state index contributed by atoms with van der Waals surface area (Å²) >= 11 is 0. The molecule has 1 unspecified atom stereocenters. The van der Waals surface area contributed by atoms with Crippen LogP contribution in [0.3, 0.4) is 0 Å². The quantitative estimate of drug-likeness (QED) is 0.116. The average molecular weight is 754 g/mol. The SMILES string of the molecule is CCN1c2ccc(S(=O)(=O)[O-])cc2C(C)(C)C1/C=C/C=C/C=C1/N(CCCCCC(=O)ON2C(=O)CCC2=O)c2ccc(S(=O)(=O)[O-])cc2C1(C)C. The lowest BCUT2D eigenvalue weighted by atomic mass is 9.80. The largest absolute Gasteiger partial charge is 0.744 e. The molecule has 3 heterocycles. The van der Waals surface area contributed by atoms with E-state index in [0.29, 0.717) is 43.0 Å². The van der Waals surface area contributed by atoms with Crippen molar-refractivity contribution in [2.75, 3.05) is 22.9 Å². The van der Waals surface area contributed by atoms with Crippen LogP contribution in [-0.2, 0) is 50.3 Å². The van der Waals surface area contributed by atoms with Crippen molar-refractivity contribution in [3.63, 3.8) is 0 Å². The lowest BCUT2D eigenvalue weighted by Gasteiger charge is -2.31. The number of unbranched alkanes of at least 4 members (excludes halogenated alkanes) is 2. The molecule has 0 radical (unpaired) electrons. The van der Waals surface area contributed by atoms with Crippen molar-refractivity contribution in [3.8, 4) is 0 Å². The van der Waals surface area contributed by atoms with Gasteiger partial charge in [-0.15, -0.1) is 5.06 Å². The highest BCUT2D eigenvalue weighted by Crippen LogP contribution is 2.49. The molecule has 0 aromatic heterocycles. The van der Waals surface area contributed by atoms with E-state index in [4.69, 9.17) is 4.84 Å². The van der Waals surface area contributed by atoms with Crippen LogP contribution in [0.25, 0.3) is 0 Å². The summed E-state index contributed by atoms with van der Waals surface area (Å²) in [6, 6.07) is 8.73. The lowest BCUT2D eigenvalue weighted by molar-refractivity contribution is -0.197. The third-order valence-electron chi connectivity index (χ3n) is 10.1. The van der Waals surface area contributed by atoms with Gasteiger partial charge in [0, 0.05) is 60.3 Å². The standard InChI is InChI=1S/C37H45N3O10S2/c1-6-38-29-18-16-25(51(44,45)46)23-27(29)36(2,3)31(38)13-9-7-10-14-32-37(4,5)28-24-26(52(47,48)49)17-19-30(28)39(32)22-12-8-11-15-35(43)50-40-33(41)20-21-34(40)42/h7,9-10,13-14,16-19,23-24,31H,6,8,11-12,15,20-22H2,1-5H3,(H,44,45,46)(H,47,48,49)/p-2/b10-7+,13-9+,32-14+. The Morgan fingerprint density at radius 3 is 2.04 bits per heavy atom. The van der Waals surface area contributed by atoms with Gasteiger partial charge in [0.1, 0.15) is 20.2 Å². The molecule has 280 valence electrons. The van der Waals surface area contributed by atoms with E-state index in [1.807, 2.05) is 65.0 Å². The van der Waals surface area contributed by atoms with Crippen LogP contribution in [0.4, 0.5) is 11.4 Å². The number of likely N-dealkylation sites (N-methyl/N-ethyl adjacent to an activating group) is 1. The molecule has 0 spiro atoms. The van der Waals surface area contributed by atoms with Crippen LogP contribution < -0.4 is 9.80 Å². The summed E-state index contributed by atoms with van der Waals surface area (Å²) in [5.74, 6) is -1.72. The van der Waals surface area contributed by atoms with Gasteiger partial charge in [-0.3, -0.25) is 9.59 Å². The van der Waals surface area contributed by atoms with E-state index in [0.717, 1.165) is 22.6 Å². The van der Waals surface area contributed by atoms with E-state index in [1.165, 1.54) is 24.3 Å². The Labute approximate surface area is 305 Å². The van der Waals surface area contributed by atoms with Gasteiger partial charge in [0.05, 0.1) is 15.8 Å². The van der Waals surface area contributed by atoms with Gasteiger partial charge in [0.15, 0.2) is 0 Å². The van der Waals surface area contributed by atoms with Crippen molar-refractivity contribution < 1.29 is 45.2 Å². The minimum atomic E-state index is -4.69. The van der Waals surface area contributed by atoms with Crippen LogP contribution in [0.15, 0.2) is 82.3 Å². The van der Waals surface area contributed by atoms with Crippen LogP contribution in [0.2, 0.25) is 0 Å². The van der Waals surface area contributed by atoms with Crippen molar-refractivity contribution in [3.05, 3.63) is 83.6 Å². The summed E-state index contributed by atoms with van der Waals surface area (Å²) in [4.78, 5) is 44.3. The number of benzene rings is 2. The predicted molar refractivity (Wildman–Crippen MR) is 191 cm³/mol. The van der Waals surface area contributed by atoms with Crippen LogP contribution in [0.5, 0.6) is 0 Å². The van der Waals surface area contributed by atoms with Gasteiger partial charge >= 0.3 is 5.97 Å². The number of nitrogens with zero attached hydrogens (tertiary/aromatic N) is 3. The molecule has 0 aliphatic carbocycles. The molecule has 2 amide bonds. The number of imide groups is 1. The fraction of sp³-hybridized carbons (Fsp3) is 0.432. The van der Waals surface area contributed by atoms with Crippen molar-refractivity contribution in [2.45, 2.75) is 99.8 Å². The molecule has 15 heteroatoms. The first-order valence-corrected chi connectivity index (χ1v) is 20.0. The maximum Gasteiger partial charge on any atom is 0.333 e. The van der Waals surface area contributed by atoms with Gasteiger partial charge in [0.2, 0.25) is 0 Å². The summed E-state index contributed by atoms with van der Waals surface area (Å²) in [6.07, 6.45) is 11.4. The van der Waals surface area contributed by atoms with Crippen molar-refractivity contribution in [1.82, 2.24) is 5.06 Å². The van der Waals surface area contributed by atoms with Gasteiger partial charge in [-0.1, -0.05) is 58.4 Å². The summed E-state index contributed by atoms with van der Waals surface area (Å²) in [5, 5.41) is 0.537. The van der Waals surface area contributed by atoms with Gasteiger partial charge in [-0.25, -0.2) is 21.6 Å². The van der Waals surface area contributed by atoms with Crippen LogP contribution in [0.1, 0.15) is 84.3 Å². The van der Waals surface area contributed by atoms with Gasteiger partial charge in [-0.2, -0.15) is 0 Å². The lowest BCUT2D eigenvalue weighted by Crippen LogP contribution is -2.39. The first-order chi connectivity index (χ1) is 24.3. The number of hydroxylamine groups is 2. The number of anilines is 2. The van der Waals surface area contributed by atoms with E-state index in [2.05, 4.69) is 9.80 Å². The molecule has 52 heavy (non-hydrogen) atoms. The van der Waals surface area contributed by atoms with E-state index in [9.17, 15) is 40.3 Å². The molecule has 5 rings (SSSR count). The van der Waals surface area contributed by atoms with E-state index < -0.39 is 48.8 Å². The molecule has 1 saturated heterocycles. The molecule has 13 nitrogen and oxygen atoms in total. The third kappa shape index (κ3) is 7.72. The number of hydrogen-bond donors (Lipinski definition) is 0. The molecular formula is C37H43N3O10S2-2. The molecule has 3 aliphatic rings. The second-order valence-corrected chi connectivity index (χ2v) is 16.9. The van der Waals surface area contributed by atoms with Crippen molar-refractivity contribution in [1.29, 1.82) is 0 Å². The normalized spacial score (nSPS) is 20.5. The highest BCUT2D eigenvalue weighted by molar-refractivity contribution is 7.86. The summed E-state index contributed by atoms with van der Waals surface area (Å²) in [7, 11) is -9.29. The fourth-order valence-electron chi connectivity index (χ4n) is 7.30. The Kier molecular flexibility index (Phi) is 10.9. The van der Waals surface area contributed by atoms with Crippen LogP contribution in [-0.4, -0.2) is 67.9 Å². The molecule has 0 bridgehead atoms. The molecule has 1 fully saturated rings. The second-order valence-electron chi connectivity index (χ2n) is 14.2. The number of carbonyl (C=O) groups excluding carboxylic acids is 3.